The van der Waals surface area contributed by atoms with Crippen molar-refractivity contribution >= 4 is 11.7 Å². The van der Waals surface area contributed by atoms with E-state index >= 15 is 0 Å². The van der Waals surface area contributed by atoms with E-state index in [-0.39, 0.29) is 12.1 Å². The quantitative estimate of drug-likeness (QED) is 0.794. The molecule has 2 heterocycles. The molecule has 0 saturated carbocycles. The number of rotatable bonds is 6. The number of nitrogens with zero attached hydrogens (tertiary/aromatic N) is 3. The van der Waals surface area contributed by atoms with Gasteiger partial charge in [-0.15, -0.1) is 0 Å². The number of nitrogens with one attached hydrogen (secondary N) is 1. The van der Waals surface area contributed by atoms with Gasteiger partial charge < -0.3 is 29.2 Å². The molecule has 0 aliphatic carbocycles. The highest BCUT2D eigenvalue weighted by molar-refractivity contribution is 5.90. The number of methoxy groups -OCH3 is 3. The fourth-order valence-corrected chi connectivity index (χ4v) is 3.25. The monoisotopic (exact) mass is 402 g/mol. The van der Waals surface area contributed by atoms with Crippen molar-refractivity contribution in [1.82, 2.24) is 14.9 Å². The molecule has 9 heteroatoms. The Balaban J connectivity index is 1.67. The summed E-state index contributed by atoms with van der Waals surface area (Å²) >= 11 is 0. The van der Waals surface area contributed by atoms with Crippen LogP contribution >= 0.6 is 0 Å². The van der Waals surface area contributed by atoms with E-state index in [1.54, 1.807) is 29.3 Å². The Hall–Kier alpha value is -3.23. The number of aryl methyl sites for hydroxylation is 1. The summed E-state index contributed by atoms with van der Waals surface area (Å²) in [4.78, 5) is 22.9. The summed E-state index contributed by atoms with van der Waals surface area (Å²) < 4.78 is 21.9. The molecule has 1 unspecified atom stereocenters. The third kappa shape index (κ3) is 4.98. The van der Waals surface area contributed by atoms with Crippen LogP contribution in [0.25, 0.3) is 0 Å². The van der Waals surface area contributed by atoms with Gasteiger partial charge in [0.1, 0.15) is 11.9 Å². The Bertz CT molecular complexity index is 836. The highest BCUT2D eigenvalue weighted by Gasteiger charge is 2.26. The van der Waals surface area contributed by atoms with Crippen LogP contribution in [-0.4, -0.2) is 61.4 Å². The number of carbonyl (C=O) groups excluding carboxylic acids is 1. The maximum absolute atomic E-state index is 12.8. The molecular weight excluding hydrogens is 376 g/mol. The molecule has 1 aromatic heterocycles. The minimum Gasteiger partial charge on any atom is -0.493 e. The third-order valence-corrected chi connectivity index (χ3v) is 4.62. The minimum atomic E-state index is -0.216. The van der Waals surface area contributed by atoms with Gasteiger partial charge in [0, 0.05) is 30.9 Å². The molecule has 1 N–H and O–H groups in total. The van der Waals surface area contributed by atoms with Crippen LogP contribution < -0.4 is 24.3 Å². The number of piperidine rings is 1. The third-order valence-electron chi connectivity index (χ3n) is 4.62. The number of hydrogen-bond donors (Lipinski definition) is 1. The molecule has 1 fully saturated rings. The van der Waals surface area contributed by atoms with Crippen LogP contribution in [0.5, 0.6) is 23.1 Å². The number of ether oxygens (including phenoxy) is 4. The van der Waals surface area contributed by atoms with Crippen molar-refractivity contribution in [3.63, 3.8) is 0 Å². The number of amides is 2. The zero-order chi connectivity index (χ0) is 20.8. The summed E-state index contributed by atoms with van der Waals surface area (Å²) in [5.74, 6) is 2.59. The van der Waals surface area contributed by atoms with Crippen molar-refractivity contribution in [2.24, 2.45) is 0 Å². The second kappa shape index (κ2) is 9.31. The Morgan fingerprint density at radius 3 is 2.52 bits per heavy atom. The van der Waals surface area contributed by atoms with Gasteiger partial charge in [0.2, 0.25) is 11.6 Å². The second-order valence-corrected chi connectivity index (χ2v) is 6.61. The van der Waals surface area contributed by atoms with Gasteiger partial charge >= 0.3 is 6.03 Å². The molecule has 2 aromatic rings. The lowest BCUT2D eigenvalue weighted by molar-refractivity contribution is 0.102. The zero-order valence-electron chi connectivity index (χ0n) is 17.1. The minimum absolute atomic E-state index is 0.122. The SMILES string of the molecule is COc1cc(NC(=O)N2CCCC(Oc3ccnc(C)n3)C2)cc(OC)c1OC. The van der Waals surface area contributed by atoms with Gasteiger partial charge in [0.15, 0.2) is 11.5 Å². The van der Waals surface area contributed by atoms with Gasteiger partial charge in [0.25, 0.3) is 0 Å². The van der Waals surface area contributed by atoms with Crippen molar-refractivity contribution in [3.05, 3.63) is 30.2 Å². The fourth-order valence-electron chi connectivity index (χ4n) is 3.25. The standard InChI is InChI=1S/C20H26N4O5/c1-13-21-8-7-18(22-13)29-15-6-5-9-24(12-15)20(25)23-14-10-16(26-2)19(28-4)17(11-14)27-3/h7-8,10-11,15H,5-6,9,12H2,1-4H3,(H,23,25). The number of aromatic nitrogens is 2. The molecule has 1 aromatic carbocycles. The van der Waals surface area contributed by atoms with Crippen LogP contribution in [0.1, 0.15) is 18.7 Å². The normalized spacial score (nSPS) is 16.1. The molecular formula is C20H26N4O5. The van der Waals surface area contributed by atoms with Crippen LogP contribution in [0, 0.1) is 6.92 Å². The lowest BCUT2D eigenvalue weighted by Crippen LogP contribution is -2.46. The first kappa shape index (κ1) is 20.5. The Kier molecular flexibility index (Phi) is 6.58. The number of urea groups is 1. The molecule has 29 heavy (non-hydrogen) atoms. The molecule has 2 amide bonds. The molecule has 1 saturated heterocycles. The van der Waals surface area contributed by atoms with E-state index in [0.29, 0.717) is 47.7 Å². The summed E-state index contributed by atoms with van der Waals surface area (Å²) in [7, 11) is 4.60. The molecule has 0 spiro atoms. The predicted octanol–water partition coefficient (Wildman–Crippen LogP) is 2.89. The summed E-state index contributed by atoms with van der Waals surface area (Å²) in [6.45, 7) is 2.93. The number of hydrogen-bond acceptors (Lipinski definition) is 7. The average molecular weight is 402 g/mol. The first-order valence-electron chi connectivity index (χ1n) is 9.36. The number of likely N-dealkylation sites (tertiary alicyclic amines) is 1. The van der Waals surface area contributed by atoms with Gasteiger partial charge in [-0.25, -0.2) is 9.78 Å². The van der Waals surface area contributed by atoms with E-state index in [0.717, 1.165) is 12.8 Å². The molecule has 0 bridgehead atoms. The average Bonchev–Trinajstić information content (AvgIpc) is 2.73. The van der Waals surface area contributed by atoms with Crippen molar-refractivity contribution in [3.8, 4) is 23.1 Å². The highest BCUT2D eigenvalue weighted by atomic mass is 16.5. The fraction of sp³-hybridized carbons (Fsp3) is 0.450. The van der Waals surface area contributed by atoms with Crippen LogP contribution in [0.3, 0.4) is 0 Å². The summed E-state index contributed by atoms with van der Waals surface area (Å²) in [5, 5.41) is 2.90. The molecule has 0 radical (unpaired) electrons. The van der Waals surface area contributed by atoms with E-state index in [2.05, 4.69) is 15.3 Å². The molecule has 9 nitrogen and oxygen atoms in total. The van der Waals surface area contributed by atoms with E-state index in [4.69, 9.17) is 18.9 Å². The van der Waals surface area contributed by atoms with Crippen molar-refractivity contribution in [2.45, 2.75) is 25.9 Å². The highest BCUT2D eigenvalue weighted by Crippen LogP contribution is 2.40. The summed E-state index contributed by atoms with van der Waals surface area (Å²) in [6.07, 6.45) is 3.24. The van der Waals surface area contributed by atoms with Gasteiger partial charge in [-0.3, -0.25) is 0 Å². The number of carbonyl (C=O) groups is 1. The van der Waals surface area contributed by atoms with Crippen molar-refractivity contribution < 1.29 is 23.7 Å². The molecule has 1 atom stereocenters. The maximum Gasteiger partial charge on any atom is 0.321 e. The van der Waals surface area contributed by atoms with E-state index in [9.17, 15) is 4.79 Å². The number of anilines is 1. The van der Waals surface area contributed by atoms with E-state index < -0.39 is 0 Å². The largest absolute Gasteiger partial charge is 0.493 e. The smallest absolute Gasteiger partial charge is 0.321 e. The molecule has 3 rings (SSSR count). The topological polar surface area (TPSA) is 95.0 Å². The maximum atomic E-state index is 12.8. The van der Waals surface area contributed by atoms with Crippen LogP contribution in [0.4, 0.5) is 10.5 Å². The predicted molar refractivity (Wildman–Crippen MR) is 107 cm³/mol. The lowest BCUT2D eigenvalue weighted by Gasteiger charge is -2.32. The molecule has 156 valence electrons. The van der Waals surface area contributed by atoms with Gasteiger partial charge in [0.05, 0.1) is 33.6 Å². The van der Waals surface area contributed by atoms with Crippen LogP contribution in [-0.2, 0) is 0 Å². The first-order chi connectivity index (χ1) is 14.0. The Morgan fingerprint density at radius 1 is 1.17 bits per heavy atom. The summed E-state index contributed by atoms with van der Waals surface area (Å²) in [5.41, 5.74) is 0.555. The van der Waals surface area contributed by atoms with Crippen molar-refractivity contribution in [1.29, 1.82) is 0 Å². The molecule has 1 aliphatic rings. The second-order valence-electron chi connectivity index (χ2n) is 6.61. The lowest BCUT2D eigenvalue weighted by atomic mass is 10.1. The number of benzene rings is 1. The van der Waals surface area contributed by atoms with Crippen LogP contribution in [0.2, 0.25) is 0 Å². The Labute approximate surface area is 169 Å². The summed E-state index contributed by atoms with van der Waals surface area (Å²) in [6, 6.07) is 4.90. The Morgan fingerprint density at radius 2 is 1.90 bits per heavy atom. The van der Waals surface area contributed by atoms with Gasteiger partial charge in [-0.1, -0.05) is 0 Å². The van der Waals surface area contributed by atoms with Crippen LogP contribution in [0.15, 0.2) is 24.4 Å². The van der Waals surface area contributed by atoms with Gasteiger partial charge in [-0.05, 0) is 19.8 Å². The van der Waals surface area contributed by atoms with Gasteiger partial charge in [-0.2, -0.15) is 4.98 Å². The zero-order valence-corrected chi connectivity index (χ0v) is 17.1. The van der Waals surface area contributed by atoms with Crippen molar-refractivity contribution in [2.75, 3.05) is 39.7 Å². The van der Waals surface area contributed by atoms with E-state index in [1.165, 1.54) is 21.3 Å². The molecule has 1 aliphatic heterocycles. The first-order valence-corrected chi connectivity index (χ1v) is 9.36. The van der Waals surface area contributed by atoms with E-state index in [1.807, 2.05) is 6.92 Å².